The lowest BCUT2D eigenvalue weighted by molar-refractivity contribution is -0.122. The summed E-state index contributed by atoms with van der Waals surface area (Å²) in [6.07, 6.45) is 0. The van der Waals surface area contributed by atoms with Gasteiger partial charge in [-0.2, -0.15) is 0 Å². The van der Waals surface area contributed by atoms with E-state index in [2.05, 4.69) is 41.0 Å². The maximum Gasteiger partial charge on any atom is 0.236 e. The van der Waals surface area contributed by atoms with Gasteiger partial charge in [-0.25, -0.2) is 0 Å². The van der Waals surface area contributed by atoms with E-state index in [4.69, 9.17) is 0 Å². The highest BCUT2D eigenvalue weighted by Gasteiger charge is 2.11. The fourth-order valence-corrected chi connectivity index (χ4v) is 2.13. The van der Waals surface area contributed by atoms with E-state index in [1.165, 1.54) is 16.3 Å². The van der Waals surface area contributed by atoms with Gasteiger partial charge in [0.25, 0.3) is 0 Å². The number of hydrogen-bond donors (Lipinski definition) is 2. The number of carbonyl (C=O) groups is 1. The average molecular weight is 256 g/mol. The molecule has 0 radical (unpaired) electrons. The third-order valence-corrected chi connectivity index (χ3v) is 3.22. The van der Waals surface area contributed by atoms with Gasteiger partial charge in [-0.1, -0.05) is 42.5 Å². The highest BCUT2D eigenvalue weighted by Crippen LogP contribution is 2.18. The largest absolute Gasteiger partial charge is 0.355 e. The number of carbonyl (C=O) groups excluding carboxylic acids is 1. The molecule has 3 heteroatoms. The van der Waals surface area contributed by atoms with Crippen LogP contribution in [-0.4, -0.2) is 18.5 Å². The number of rotatable bonds is 5. The van der Waals surface area contributed by atoms with Crippen LogP contribution in [0.4, 0.5) is 0 Å². The Kier molecular flexibility index (Phi) is 4.53. The first-order valence-electron chi connectivity index (χ1n) is 6.70. The molecular formula is C16H20N2O. The Hall–Kier alpha value is -1.87. The van der Waals surface area contributed by atoms with Crippen LogP contribution >= 0.6 is 0 Å². The van der Waals surface area contributed by atoms with E-state index in [0.717, 1.165) is 0 Å². The number of benzene rings is 2. The maximum absolute atomic E-state index is 11.7. The topological polar surface area (TPSA) is 41.1 Å². The summed E-state index contributed by atoms with van der Waals surface area (Å²) >= 11 is 0. The van der Waals surface area contributed by atoms with E-state index in [9.17, 15) is 4.79 Å². The van der Waals surface area contributed by atoms with Crippen molar-refractivity contribution in [2.24, 2.45) is 0 Å². The van der Waals surface area contributed by atoms with Crippen LogP contribution in [0.3, 0.4) is 0 Å². The third-order valence-electron chi connectivity index (χ3n) is 3.22. The summed E-state index contributed by atoms with van der Waals surface area (Å²) in [5.74, 6) is 0.0442. The van der Waals surface area contributed by atoms with E-state index in [1.54, 1.807) is 0 Å². The summed E-state index contributed by atoms with van der Waals surface area (Å²) in [6.45, 7) is 5.17. The molecule has 0 aromatic heterocycles. The molecule has 19 heavy (non-hydrogen) atoms. The van der Waals surface area contributed by atoms with Crippen molar-refractivity contribution in [1.82, 2.24) is 10.6 Å². The van der Waals surface area contributed by atoms with Crippen LogP contribution in [0.1, 0.15) is 19.4 Å². The summed E-state index contributed by atoms with van der Waals surface area (Å²) in [4.78, 5) is 11.7. The lowest BCUT2D eigenvalue weighted by Gasteiger charge is -2.14. The van der Waals surface area contributed by atoms with Crippen molar-refractivity contribution < 1.29 is 4.79 Å². The Morgan fingerprint density at radius 1 is 1.16 bits per heavy atom. The van der Waals surface area contributed by atoms with Crippen LogP contribution in [-0.2, 0) is 11.3 Å². The molecule has 0 fully saturated rings. The van der Waals surface area contributed by atoms with Gasteiger partial charge < -0.3 is 10.6 Å². The fourth-order valence-electron chi connectivity index (χ4n) is 2.13. The molecule has 100 valence electrons. The summed E-state index contributed by atoms with van der Waals surface area (Å²) < 4.78 is 0. The van der Waals surface area contributed by atoms with Crippen LogP contribution in [0.15, 0.2) is 42.5 Å². The van der Waals surface area contributed by atoms with E-state index in [-0.39, 0.29) is 11.9 Å². The van der Waals surface area contributed by atoms with Gasteiger partial charge in [0.15, 0.2) is 0 Å². The molecule has 0 aliphatic carbocycles. The first kappa shape index (κ1) is 13.6. The molecule has 0 aliphatic heterocycles. The van der Waals surface area contributed by atoms with Gasteiger partial charge >= 0.3 is 0 Å². The number of amides is 1. The highest BCUT2D eigenvalue weighted by molar-refractivity contribution is 5.85. The van der Waals surface area contributed by atoms with Gasteiger partial charge in [0, 0.05) is 13.1 Å². The highest BCUT2D eigenvalue weighted by atomic mass is 16.2. The Labute approximate surface area is 114 Å². The van der Waals surface area contributed by atoms with E-state index in [1.807, 2.05) is 26.0 Å². The van der Waals surface area contributed by atoms with Gasteiger partial charge in [0.2, 0.25) is 5.91 Å². The van der Waals surface area contributed by atoms with Crippen molar-refractivity contribution in [3.8, 4) is 0 Å². The molecule has 0 aliphatic rings. The fraction of sp³-hybridized carbons (Fsp3) is 0.312. The first-order chi connectivity index (χ1) is 9.22. The molecule has 0 spiro atoms. The lowest BCUT2D eigenvalue weighted by Crippen LogP contribution is -2.41. The Morgan fingerprint density at radius 3 is 2.68 bits per heavy atom. The lowest BCUT2D eigenvalue weighted by atomic mass is 10.0. The molecule has 0 saturated carbocycles. The smallest absolute Gasteiger partial charge is 0.236 e. The molecule has 2 aromatic carbocycles. The van der Waals surface area contributed by atoms with Crippen molar-refractivity contribution >= 4 is 16.7 Å². The van der Waals surface area contributed by atoms with Crippen LogP contribution < -0.4 is 10.6 Å². The molecule has 1 atom stereocenters. The number of nitrogens with one attached hydrogen (secondary N) is 2. The second-order valence-corrected chi connectivity index (χ2v) is 4.64. The Balaban J connectivity index is 2.08. The van der Waals surface area contributed by atoms with Crippen LogP contribution in [0.5, 0.6) is 0 Å². The van der Waals surface area contributed by atoms with Crippen molar-refractivity contribution in [2.75, 3.05) is 6.54 Å². The summed E-state index contributed by atoms with van der Waals surface area (Å²) in [5.41, 5.74) is 1.22. The van der Waals surface area contributed by atoms with Gasteiger partial charge in [-0.3, -0.25) is 4.79 Å². The van der Waals surface area contributed by atoms with E-state index in [0.29, 0.717) is 13.1 Å². The number of likely N-dealkylation sites (N-methyl/N-ethyl adjacent to an activating group) is 1. The SMILES string of the molecule is CCNC(=O)C(C)NCc1cccc2ccccc12. The minimum atomic E-state index is -0.182. The normalized spacial score (nSPS) is 12.3. The summed E-state index contributed by atoms with van der Waals surface area (Å²) in [6, 6.07) is 14.4. The molecule has 0 heterocycles. The molecule has 2 aromatic rings. The second kappa shape index (κ2) is 6.34. The zero-order valence-electron chi connectivity index (χ0n) is 11.4. The van der Waals surface area contributed by atoms with E-state index >= 15 is 0 Å². The predicted octanol–water partition coefficient (Wildman–Crippen LogP) is 2.45. The summed E-state index contributed by atoms with van der Waals surface area (Å²) in [7, 11) is 0. The average Bonchev–Trinajstić information content (AvgIpc) is 2.45. The monoisotopic (exact) mass is 256 g/mol. The Bertz CT molecular complexity index is 560. The van der Waals surface area contributed by atoms with Crippen LogP contribution in [0.2, 0.25) is 0 Å². The molecule has 3 nitrogen and oxygen atoms in total. The zero-order valence-corrected chi connectivity index (χ0v) is 11.4. The first-order valence-corrected chi connectivity index (χ1v) is 6.70. The summed E-state index contributed by atoms with van der Waals surface area (Å²) in [5, 5.41) is 8.55. The number of hydrogen-bond acceptors (Lipinski definition) is 2. The molecule has 1 amide bonds. The molecule has 2 rings (SSSR count). The minimum absolute atomic E-state index is 0.0442. The van der Waals surface area contributed by atoms with Crippen molar-refractivity contribution in [3.05, 3.63) is 48.0 Å². The standard InChI is InChI=1S/C16H20N2O/c1-3-17-16(19)12(2)18-11-14-9-6-8-13-7-4-5-10-15(13)14/h4-10,12,18H,3,11H2,1-2H3,(H,17,19). The predicted molar refractivity (Wildman–Crippen MR) is 78.9 cm³/mol. The van der Waals surface area contributed by atoms with Crippen LogP contribution in [0, 0.1) is 0 Å². The Morgan fingerprint density at radius 2 is 1.89 bits per heavy atom. The molecule has 2 N–H and O–H groups in total. The molecule has 1 unspecified atom stereocenters. The maximum atomic E-state index is 11.7. The van der Waals surface area contributed by atoms with Gasteiger partial charge in [-0.05, 0) is 30.2 Å². The van der Waals surface area contributed by atoms with Crippen molar-refractivity contribution in [1.29, 1.82) is 0 Å². The quantitative estimate of drug-likeness (QED) is 0.862. The van der Waals surface area contributed by atoms with Crippen molar-refractivity contribution in [2.45, 2.75) is 26.4 Å². The molecular weight excluding hydrogens is 236 g/mol. The van der Waals surface area contributed by atoms with Crippen molar-refractivity contribution in [3.63, 3.8) is 0 Å². The van der Waals surface area contributed by atoms with Gasteiger partial charge in [0.05, 0.1) is 6.04 Å². The van der Waals surface area contributed by atoms with Crippen LogP contribution in [0.25, 0.3) is 10.8 Å². The molecule has 0 saturated heterocycles. The minimum Gasteiger partial charge on any atom is -0.355 e. The second-order valence-electron chi connectivity index (χ2n) is 4.64. The van der Waals surface area contributed by atoms with Gasteiger partial charge in [0.1, 0.15) is 0 Å². The third kappa shape index (κ3) is 3.32. The van der Waals surface area contributed by atoms with E-state index < -0.39 is 0 Å². The number of fused-ring (bicyclic) bond motifs is 1. The molecule has 0 bridgehead atoms. The zero-order chi connectivity index (χ0) is 13.7. The van der Waals surface area contributed by atoms with Gasteiger partial charge in [-0.15, -0.1) is 0 Å².